The third-order valence-electron chi connectivity index (χ3n) is 2.84. The molecule has 0 saturated carbocycles. The molecule has 1 atom stereocenters. The Morgan fingerprint density at radius 1 is 0.882 bits per heavy atom. The van der Waals surface area contributed by atoms with Gasteiger partial charge in [-0.3, -0.25) is 0 Å². The highest BCUT2D eigenvalue weighted by molar-refractivity contribution is 5.45. The quantitative estimate of drug-likeness (QED) is 0.863. The van der Waals surface area contributed by atoms with Crippen LogP contribution in [0.15, 0.2) is 54.6 Å². The first-order chi connectivity index (χ1) is 8.35. The van der Waals surface area contributed by atoms with Gasteiger partial charge >= 0.3 is 0 Å². The van der Waals surface area contributed by atoms with Gasteiger partial charge in [-0.1, -0.05) is 42.5 Å². The molecule has 2 rings (SSSR count). The van der Waals surface area contributed by atoms with Crippen LogP contribution in [0.3, 0.4) is 0 Å². The average Bonchev–Trinajstić information content (AvgIpc) is 2.42. The third-order valence-corrected chi connectivity index (χ3v) is 2.84. The normalized spacial score (nSPS) is 12.1. The van der Waals surface area contributed by atoms with Gasteiger partial charge in [-0.05, 0) is 23.3 Å². The fraction of sp³-hybridized carbons (Fsp3) is 0.200. The van der Waals surface area contributed by atoms with E-state index in [2.05, 4.69) is 41.7 Å². The SMILES string of the molecule is CNc1ccc(C(OC)c2ccccc2)cc1. The molecule has 2 aromatic carbocycles. The molecule has 1 N–H and O–H groups in total. The van der Waals surface area contributed by atoms with Crippen molar-refractivity contribution >= 4 is 5.69 Å². The van der Waals surface area contributed by atoms with Crippen LogP contribution in [0.5, 0.6) is 0 Å². The van der Waals surface area contributed by atoms with Gasteiger partial charge in [0.2, 0.25) is 0 Å². The lowest BCUT2D eigenvalue weighted by atomic mass is 10.0. The molecule has 0 aromatic heterocycles. The van der Waals surface area contributed by atoms with E-state index < -0.39 is 0 Å². The second-order valence-corrected chi connectivity index (χ2v) is 3.90. The van der Waals surface area contributed by atoms with E-state index in [-0.39, 0.29) is 6.10 Å². The first-order valence-corrected chi connectivity index (χ1v) is 5.70. The number of anilines is 1. The molecule has 0 fully saturated rings. The van der Waals surface area contributed by atoms with Crippen LogP contribution in [0.25, 0.3) is 0 Å². The highest BCUT2D eigenvalue weighted by atomic mass is 16.5. The Labute approximate surface area is 102 Å². The maximum absolute atomic E-state index is 5.58. The van der Waals surface area contributed by atoms with Crippen LogP contribution in [-0.2, 0) is 4.74 Å². The Bertz CT molecular complexity index is 450. The molecule has 0 aliphatic rings. The highest BCUT2D eigenvalue weighted by Crippen LogP contribution is 2.25. The molecule has 0 spiro atoms. The summed E-state index contributed by atoms with van der Waals surface area (Å²) in [5.74, 6) is 0. The number of nitrogens with one attached hydrogen (secondary N) is 1. The summed E-state index contributed by atoms with van der Waals surface area (Å²) < 4.78 is 5.58. The van der Waals surface area contributed by atoms with Gasteiger partial charge in [0.05, 0.1) is 0 Å². The summed E-state index contributed by atoms with van der Waals surface area (Å²) in [5, 5.41) is 3.11. The minimum absolute atomic E-state index is 0.00195. The van der Waals surface area contributed by atoms with E-state index in [1.807, 2.05) is 25.2 Å². The van der Waals surface area contributed by atoms with Crippen molar-refractivity contribution in [2.75, 3.05) is 19.5 Å². The molecular weight excluding hydrogens is 210 g/mol. The van der Waals surface area contributed by atoms with Crippen LogP contribution < -0.4 is 5.32 Å². The molecule has 0 aliphatic carbocycles. The molecule has 0 heterocycles. The van der Waals surface area contributed by atoms with E-state index in [0.717, 1.165) is 11.3 Å². The zero-order chi connectivity index (χ0) is 12.1. The smallest absolute Gasteiger partial charge is 0.107 e. The minimum atomic E-state index is 0.00195. The van der Waals surface area contributed by atoms with Crippen LogP contribution in [0.2, 0.25) is 0 Å². The average molecular weight is 227 g/mol. The Hall–Kier alpha value is -1.80. The molecule has 2 nitrogen and oxygen atoms in total. The van der Waals surface area contributed by atoms with Crippen molar-refractivity contribution in [3.63, 3.8) is 0 Å². The Morgan fingerprint density at radius 3 is 2.00 bits per heavy atom. The third kappa shape index (κ3) is 2.66. The van der Waals surface area contributed by atoms with Crippen molar-refractivity contribution in [1.29, 1.82) is 0 Å². The molecule has 2 heteroatoms. The molecule has 88 valence electrons. The van der Waals surface area contributed by atoms with Gasteiger partial charge in [0.1, 0.15) is 6.10 Å². The second kappa shape index (κ2) is 5.51. The summed E-state index contributed by atoms with van der Waals surface area (Å²) in [6.45, 7) is 0. The van der Waals surface area contributed by atoms with Crippen molar-refractivity contribution in [2.24, 2.45) is 0 Å². The highest BCUT2D eigenvalue weighted by Gasteiger charge is 2.12. The number of rotatable bonds is 4. The van der Waals surface area contributed by atoms with E-state index in [9.17, 15) is 0 Å². The van der Waals surface area contributed by atoms with Crippen LogP contribution in [0.4, 0.5) is 5.69 Å². The molecule has 0 saturated heterocycles. The number of hydrogen-bond donors (Lipinski definition) is 1. The molecular formula is C15H17NO. The van der Waals surface area contributed by atoms with Crippen LogP contribution in [0, 0.1) is 0 Å². The Balaban J connectivity index is 2.29. The summed E-state index contributed by atoms with van der Waals surface area (Å²) >= 11 is 0. The van der Waals surface area contributed by atoms with Crippen LogP contribution >= 0.6 is 0 Å². The Morgan fingerprint density at radius 2 is 1.47 bits per heavy atom. The van der Waals surface area contributed by atoms with Crippen molar-refractivity contribution in [2.45, 2.75) is 6.10 Å². The topological polar surface area (TPSA) is 21.3 Å². The Kier molecular flexibility index (Phi) is 3.78. The van der Waals surface area contributed by atoms with E-state index in [4.69, 9.17) is 4.74 Å². The summed E-state index contributed by atoms with van der Waals surface area (Å²) in [6, 6.07) is 18.5. The predicted molar refractivity (Wildman–Crippen MR) is 71.3 cm³/mol. The zero-order valence-corrected chi connectivity index (χ0v) is 10.2. The standard InChI is InChI=1S/C15H17NO/c1-16-14-10-8-13(9-11-14)15(17-2)12-6-4-3-5-7-12/h3-11,15-16H,1-2H3. The predicted octanol–water partition coefficient (Wildman–Crippen LogP) is 3.46. The van der Waals surface area contributed by atoms with Crippen molar-refractivity contribution < 1.29 is 4.74 Å². The monoisotopic (exact) mass is 227 g/mol. The van der Waals surface area contributed by atoms with Gasteiger partial charge in [-0.2, -0.15) is 0 Å². The van der Waals surface area contributed by atoms with E-state index >= 15 is 0 Å². The lowest BCUT2D eigenvalue weighted by Crippen LogP contribution is -2.03. The van der Waals surface area contributed by atoms with Crippen LogP contribution in [0.1, 0.15) is 17.2 Å². The number of benzene rings is 2. The van der Waals surface area contributed by atoms with Crippen molar-refractivity contribution in [3.8, 4) is 0 Å². The molecule has 0 bridgehead atoms. The van der Waals surface area contributed by atoms with E-state index in [1.165, 1.54) is 5.56 Å². The van der Waals surface area contributed by atoms with Gasteiger partial charge in [0.25, 0.3) is 0 Å². The fourth-order valence-corrected chi connectivity index (χ4v) is 1.92. The lowest BCUT2D eigenvalue weighted by molar-refractivity contribution is 0.136. The minimum Gasteiger partial charge on any atom is -0.388 e. The van der Waals surface area contributed by atoms with Gasteiger partial charge in [0, 0.05) is 19.8 Å². The van der Waals surface area contributed by atoms with Gasteiger partial charge in [-0.25, -0.2) is 0 Å². The lowest BCUT2D eigenvalue weighted by Gasteiger charge is -2.16. The second-order valence-electron chi connectivity index (χ2n) is 3.90. The molecule has 0 amide bonds. The first-order valence-electron chi connectivity index (χ1n) is 5.70. The van der Waals surface area contributed by atoms with Gasteiger partial charge < -0.3 is 10.1 Å². The number of methoxy groups -OCH3 is 1. The van der Waals surface area contributed by atoms with Crippen molar-refractivity contribution in [1.82, 2.24) is 0 Å². The number of ether oxygens (including phenoxy) is 1. The maximum Gasteiger partial charge on any atom is 0.107 e. The zero-order valence-electron chi connectivity index (χ0n) is 10.2. The maximum atomic E-state index is 5.58. The molecule has 1 unspecified atom stereocenters. The molecule has 2 aromatic rings. The van der Waals surface area contributed by atoms with Crippen molar-refractivity contribution in [3.05, 3.63) is 65.7 Å². The van der Waals surface area contributed by atoms with Gasteiger partial charge in [-0.15, -0.1) is 0 Å². The molecule has 0 radical (unpaired) electrons. The summed E-state index contributed by atoms with van der Waals surface area (Å²) in [5.41, 5.74) is 3.45. The molecule has 0 aliphatic heterocycles. The fourth-order valence-electron chi connectivity index (χ4n) is 1.92. The van der Waals surface area contributed by atoms with E-state index in [0.29, 0.717) is 0 Å². The van der Waals surface area contributed by atoms with Gasteiger partial charge in [0.15, 0.2) is 0 Å². The summed E-state index contributed by atoms with van der Waals surface area (Å²) in [4.78, 5) is 0. The number of hydrogen-bond acceptors (Lipinski definition) is 2. The summed E-state index contributed by atoms with van der Waals surface area (Å²) in [6.07, 6.45) is 0.00195. The van der Waals surface area contributed by atoms with Crippen LogP contribution in [-0.4, -0.2) is 14.2 Å². The summed E-state index contributed by atoms with van der Waals surface area (Å²) in [7, 11) is 3.66. The molecule has 17 heavy (non-hydrogen) atoms. The largest absolute Gasteiger partial charge is 0.388 e. The van der Waals surface area contributed by atoms with E-state index in [1.54, 1.807) is 7.11 Å². The first kappa shape index (κ1) is 11.7.